The van der Waals surface area contributed by atoms with Crippen molar-refractivity contribution in [2.24, 2.45) is 4.99 Å². The monoisotopic (exact) mass is 501 g/mol. The lowest BCUT2D eigenvalue weighted by atomic mass is 10.1. The molecule has 1 aliphatic carbocycles. The van der Waals surface area contributed by atoms with Gasteiger partial charge < -0.3 is 20.4 Å². The van der Waals surface area contributed by atoms with Gasteiger partial charge in [-0.3, -0.25) is 4.79 Å². The molecule has 3 rings (SSSR count). The summed E-state index contributed by atoms with van der Waals surface area (Å²) in [5.74, 6) is 1.53. The fraction of sp³-hybridized carbons (Fsp3) is 0.684. The molecule has 1 aromatic heterocycles. The van der Waals surface area contributed by atoms with Crippen molar-refractivity contribution in [1.29, 1.82) is 0 Å². The number of carbonyl (C=O) groups is 1. The maximum atomic E-state index is 12.0. The molecule has 2 fully saturated rings. The van der Waals surface area contributed by atoms with Crippen LogP contribution in [-0.4, -0.2) is 72.5 Å². The first-order valence-electron chi connectivity index (χ1n) is 9.91. The molecule has 1 saturated carbocycles. The van der Waals surface area contributed by atoms with Gasteiger partial charge in [0.1, 0.15) is 6.54 Å². The highest BCUT2D eigenvalue weighted by atomic mass is 127. The summed E-state index contributed by atoms with van der Waals surface area (Å²) in [6, 6.07) is 2.54. The molecule has 9 heteroatoms. The third-order valence-electron chi connectivity index (χ3n) is 5.16. The number of hydrogen-bond donors (Lipinski definition) is 2. The quantitative estimate of drug-likeness (QED) is 0.363. The maximum Gasteiger partial charge on any atom is 0.243 e. The first kappa shape index (κ1) is 22.6. The molecule has 1 aliphatic heterocycles. The van der Waals surface area contributed by atoms with Crippen molar-refractivity contribution in [3.63, 3.8) is 0 Å². The van der Waals surface area contributed by atoms with Gasteiger partial charge in [-0.2, -0.15) is 0 Å². The zero-order valence-electron chi connectivity index (χ0n) is 16.8. The van der Waals surface area contributed by atoms with Gasteiger partial charge in [0.15, 0.2) is 5.96 Å². The zero-order chi connectivity index (χ0) is 19.1. The predicted molar refractivity (Wildman–Crippen MR) is 122 cm³/mol. The van der Waals surface area contributed by atoms with Crippen LogP contribution in [0.25, 0.3) is 0 Å². The molecule has 1 aromatic rings. The number of likely N-dealkylation sites (N-methyl/N-ethyl adjacent to an activating group) is 1. The van der Waals surface area contributed by atoms with Crippen LogP contribution in [0.5, 0.6) is 0 Å². The van der Waals surface area contributed by atoms with E-state index in [1.807, 2.05) is 6.07 Å². The Bertz CT molecular complexity index is 634. The number of piperidine rings is 1. The van der Waals surface area contributed by atoms with Crippen LogP contribution in [0.1, 0.15) is 38.5 Å². The minimum atomic E-state index is 0. The zero-order valence-corrected chi connectivity index (χ0v) is 19.1. The number of guanidine groups is 1. The highest BCUT2D eigenvalue weighted by Gasteiger charge is 2.24. The SMILES string of the molecule is CN(C)C(=O)CN=C(NC1CCCC1)NC1CCCN(c2ncccn2)C1.I. The van der Waals surface area contributed by atoms with Crippen LogP contribution < -0.4 is 15.5 Å². The molecule has 2 heterocycles. The number of rotatable bonds is 5. The number of aromatic nitrogens is 2. The van der Waals surface area contributed by atoms with Gasteiger partial charge in [0.2, 0.25) is 11.9 Å². The number of carbonyl (C=O) groups excluding carboxylic acids is 1. The summed E-state index contributed by atoms with van der Waals surface area (Å²) in [5, 5.41) is 7.08. The van der Waals surface area contributed by atoms with E-state index >= 15 is 0 Å². The van der Waals surface area contributed by atoms with Crippen molar-refractivity contribution in [1.82, 2.24) is 25.5 Å². The smallest absolute Gasteiger partial charge is 0.243 e. The first-order valence-corrected chi connectivity index (χ1v) is 9.91. The molecule has 0 aromatic carbocycles. The van der Waals surface area contributed by atoms with Gasteiger partial charge in [-0.25, -0.2) is 15.0 Å². The lowest BCUT2D eigenvalue weighted by molar-refractivity contribution is -0.127. The van der Waals surface area contributed by atoms with Crippen LogP contribution in [-0.2, 0) is 4.79 Å². The van der Waals surface area contributed by atoms with Crippen molar-refractivity contribution < 1.29 is 4.79 Å². The molecule has 0 radical (unpaired) electrons. The average Bonchev–Trinajstić information content (AvgIpc) is 3.19. The number of amides is 1. The van der Waals surface area contributed by atoms with Crippen LogP contribution in [0, 0.1) is 0 Å². The molecule has 0 spiro atoms. The molecule has 2 N–H and O–H groups in total. The fourth-order valence-corrected chi connectivity index (χ4v) is 3.61. The van der Waals surface area contributed by atoms with E-state index in [1.54, 1.807) is 31.4 Å². The van der Waals surface area contributed by atoms with Crippen molar-refractivity contribution in [3.05, 3.63) is 18.5 Å². The van der Waals surface area contributed by atoms with Gasteiger partial charge in [0, 0.05) is 51.7 Å². The Kier molecular flexibility index (Phi) is 9.20. The van der Waals surface area contributed by atoms with Crippen LogP contribution in [0.2, 0.25) is 0 Å². The molecule has 0 bridgehead atoms. The average molecular weight is 501 g/mol. The van der Waals surface area contributed by atoms with Gasteiger partial charge in [-0.1, -0.05) is 12.8 Å². The minimum absolute atomic E-state index is 0. The summed E-state index contributed by atoms with van der Waals surface area (Å²) in [6.45, 7) is 1.95. The van der Waals surface area contributed by atoms with E-state index in [2.05, 4.69) is 30.5 Å². The van der Waals surface area contributed by atoms with Crippen LogP contribution in [0.4, 0.5) is 5.95 Å². The number of nitrogens with zero attached hydrogens (tertiary/aromatic N) is 5. The van der Waals surface area contributed by atoms with E-state index in [1.165, 1.54) is 12.8 Å². The Morgan fingerprint density at radius 1 is 1.14 bits per heavy atom. The summed E-state index contributed by atoms with van der Waals surface area (Å²) in [4.78, 5) is 29.0. The van der Waals surface area contributed by atoms with E-state index in [0.717, 1.165) is 50.7 Å². The third kappa shape index (κ3) is 6.75. The van der Waals surface area contributed by atoms with Crippen molar-refractivity contribution >= 4 is 41.8 Å². The number of hydrogen-bond acceptors (Lipinski definition) is 5. The maximum absolute atomic E-state index is 12.0. The summed E-state index contributed by atoms with van der Waals surface area (Å²) in [6.07, 6.45) is 10.5. The summed E-state index contributed by atoms with van der Waals surface area (Å²) in [5.41, 5.74) is 0. The Morgan fingerprint density at radius 3 is 2.46 bits per heavy atom. The van der Waals surface area contributed by atoms with E-state index in [-0.39, 0.29) is 42.5 Å². The Labute approximate surface area is 184 Å². The summed E-state index contributed by atoms with van der Waals surface area (Å²) in [7, 11) is 3.52. The second kappa shape index (κ2) is 11.4. The van der Waals surface area contributed by atoms with Gasteiger partial charge in [-0.15, -0.1) is 24.0 Å². The van der Waals surface area contributed by atoms with Gasteiger partial charge in [0.25, 0.3) is 0 Å². The first-order chi connectivity index (χ1) is 13.1. The van der Waals surface area contributed by atoms with E-state index < -0.39 is 0 Å². The normalized spacial score (nSPS) is 20.4. The van der Waals surface area contributed by atoms with Gasteiger partial charge in [0.05, 0.1) is 0 Å². The van der Waals surface area contributed by atoms with Crippen molar-refractivity contribution in [2.45, 2.75) is 50.6 Å². The second-order valence-corrected chi connectivity index (χ2v) is 7.56. The number of halogens is 1. The number of nitrogens with one attached hydrogen (secondary N) is 2. The highest BCUT2D eigenvalue weighted by Crippen LogP contribution is 2.18. The Hall–Kier alpha value is -1.65. The number of anilines is 1. The molecule has 8 nitrogen and oxygen atoms in total. The van der Waals surface area contributed by atoms with Gasteiger partial charge >= 0.3 is 0 Å². The molecule has 1 saturated heterocycles. The molecule has 156 valence electrons. The molecule has 2 aliphatic rings. The fourth-order valence-electron chi connectivity index (χ4n) is 3.61. The molecule has 28 heavy (non-hydrogen) atoms. The molecular formula is C19H32IN7O. The van der Waals surface area contributed by atoms with E-state index in [0.29, 0.717) is 6.04 Å². The van der Waals surface area contributed by atoms with Crippen LogP contribution in [0.15, 0.2) is 23.5 Å². The number of aliphatic imine (C=N–C) groups is 1. The van der Waals surface area contributed by atoms with Crippen molar-refractivity contribution in [3.8, 4) is 0 Å². The minimum Gasteiger partial charge on any atom is -0.354 e. The molecule has 1 amide bonds. The van der Waals surface area contributed by atoms with Crippen LogP contribution >= 0.6 is 24.0 Å². The Morgan fingerprint density at radius 2 is 1.79 bits per heavy atom. The van der Waals surface area contributed by atoms with E-state index in [9.17, 15) is 4.79 Å². The molecule has 1 unspecified atom stereocenters. The molecular weight excluding hydrogens is 469 g/mol. The predicted octanol–water partition coefficient (Wildman–Crippen LogP) is 1.63. The highest BCUT2D eigenvalue weighted by molar-refractivity contribution is 14.0. The third-order valence-corrected chi connectivity index (χ3v) is 5.16. The van der Waals surface area contributed by atoms with Crippen LogP contribution in [0.3, 0.4) is 0 Å². The Balaban J connectivity index is 0.00000280. The molecule has 1 atom stereocenters. The lowest BCUT2D eigenvalue weighted by Crippen LogP contribution is -2.53. The van der Waals surface area contributed by atoms with E-state index in [4.69, 9.17) is 0 Å². The lowest BCUT2D eigenvalue weighted by Gasteiger charge is -2.34. The second-order valence-electron chi connectivity index (χ2n) is 7.56. The van der Waals surface area contributed by atoms with Gasteiger partial charge in [-0.05, 0) is 31.7 Å². The summed E-state index contributed by atoms with van der Waals surface area (Å²) < 4.78 is 0. The van der Waals surface area contributed by atoms with Crippen molar-refractivity contribution in [2.75, 3.05) is 38.6 Å². The standard InChI is InChI=1S/C19H31N7O.HI/c1-25(2)17(27)13-22-18(23-15-7-3-4-8-15)24-16-9-5-12-26(14-16)19-20-10-6-11-21-19;/h6,10-11,15-16H,3-5,7-9,12-14H2,1-2H3,(H2,22,23,24);1H. The topological polar surface area (TPSA) is 85.8 Å². The summed E-state index contributed by atoms with van der Waals surface area (Å²) >= 11 is 0. The largest absolute Gasteiger partial charge is 0.354 e.